The van der Waals surface area contributed by atoms with Gasteiger partial charge in [-0.05, 0) is 66.4 Å². The Hall–Kier alpha value is -4.03. The van der Waals surface area contributed by atoms with Crippen LogP contribution in [-0.2, 0) is 0 Å². The molecule has 0 aromatic heterocycles. The zero-order chi connectivity index (χ0) is 25.1. The minimum atomic E-state index is -0.480. The van der Waals surface area contributed by atoms with Crippen LogP contribution >= 0.6 is 11.6 Å². The number of carbonyl (C=O) groups excluding carboxylic acids is 2. The lowest BCUT2D eigenvalue weighted by Gasteiger charge is -2.12. The van der Waals surface area contributed by atoms with Crippen LogP contribution in [0.2, 0.25) is 5.02 Å². The van der Waals surface area contributed by atoms with Crippen molar-refractivity contribution in [3.63, 3.8) is 0 Å². The van der Waals surface area contributed by atoms with Gasteiger partial charge in [0.15, 0.2) is 11.5 Å². The molecule has 35 heavy (non-hydrogen) atoms. The van der Waals surface area contributed by atoms with Gasteiger partial charge >= 0.3 is 0 Å². The van der Waals surface area contributed by atoms with E-state index in [1.807, 2.05) is 39.0 Å². The first-order valence-electron chi connectivity index (χ1n) is 11.1. The zero-order valence-electron chi connectivity index (χ0n) is 19.5. The van der Waals surface area contributed by atoms with Crippen LogP contribution in [0, 0.1) is 12.8 Å². The number of benzene rings is 4. The van der Waals surface area contributed by atoms with Crippen molar-refractivity contribution < 1.29 is 14.7 Å². The Bertz CT molecular complexity index is 1460. The predicted octanol–water partition coefficient (Wildman–Crippen LogP) is 8.01. The number of azo groups is 1. The van der Waals surface area contributed by atoms with E-state index >= 15 is 0 Å². The third-order valence-corrected chi connectivity index (χ3v) is 5.85. The third kappa shape index (κ3) is 5.23. The first-order chi connectivity index (χ1) is 16.7. The average molecular weight is 486 g/mol. The molecule has 0 saturated heterocycles. The van der Waals surface area contributed by atoms with Crippen LogP contribution in [0.5, 0.6) is 5.75 Å². The highest BCUT2D eigenvalue weighted by Crippen LogP contribution is 2.39. The topological polar surface area (TPSA) is 91.1 Å². The molecule has 0 saturated carbocycles. The number of fused-ring (bicyclic) bond motifs is 1. The van der Waals surface area contributed by atoms with E-state index in [0.717, 1.165) is 10.9 Å². The fraction of sp³-hybridized carbons (Fsp3) is 0.143. The van der Waals surface area contributed by atoms with Crippen molar-refractivity contribution >= 4 is 51.1 Å². The molecule has 4 rings (SSSR count). The molecular weight excluding hydrogens is 462 g/mol. The lowest BCUT2D eigenvalue weighted by Crippen LogP contribution is -2.13. The second kappa shape index (κ2) is 10.1. The van der Waals surface area contributed by atoms with Crippen LogP contribution in [0.4, 0.5) is 17.1 Å². The van der Waals surface area contributed by atoms with Crippen molar-refractivity contribution in [2.24, 2.45) is 16.1 Å². The predicted molar refractivity (Wildman–Crippen MR) is 140 cm³/mol. The molecule has 4 aromatic rings. The fourth-order valence-electron chi connectivity index (χ4n) is 3.68. The molecule has 0 radical (unpaired) electrons. The minimum Gasteiger partial charge on any atom is -0.505 e. The molecular formula is C28H24ClN3O3. The zero-order valence-corrected chi connectivity index (χ0v) is 20.3. The smallest absolute Gasteiger partial charge is 0.259 e. The quantitative estimate of drug-likeness (QED) is 0.214. The molecule has 0 fully saturated rings. The first kappa shape index (κ1) is 24.1. The third-order valence-electron chi connectivity index (χ3n) is 5.62. The lowest BCUT2D eigenvalue weighted by atomic mass is 10.0. The summed E-state index contributed by atoms with van der Waals surface area (Å²) in [6.45, 7) is 5.53. The van der Waals surface area contributed by atoms with Gasteiger partial charge in [-0.2, -0.15) is 5.11 Å². The second-order valence-corrected chi connectivity index (χ2v) is 8.96. The molecule has 2 N–H and O–H groups in total. The number of phenols is 1. The number of anilines is 1. The van der Waals surface area contributed by atoms with Crippen molar-refractivity contribution in [2.75, 3.05) is 5.32 Å². The molecule has 0 spiro atoms. The summed E-state index contributed by atoms with van der Waals surface area (Å²) in [5.41, 5.74) is 2.76. The summed E-state index contributed by atoms with van der Waals surface area (Å²) in [4.78, 5) is 25.3. The molecule has 0 unspecified atom stereocenters. The highest BCUT2D eigenvalue weighted by molar-refractivity contribution is 6.30. The molecule has 0 atom stereocenters. The fourth-order valence-corrected chi connectivity index (χ4v) is 3.91. The Labute approximate surface area is 208 Å². The number of aromatic hydroxyl groups is 1. The van der Waals surface area contributed by atoms with Crippen LogP contribution in [0.3, 0.4) is 0 Å². The van der Waals surface area contributed by atoms with E-state index in [2.05, 4.69) is 15.5 Å². The molecule has 0 aliphatic rings. The Morgan fingerprint density at radius 2 is 1.66 bits per heavy atom. The van der Waals surface area contributed by atoms with E-state index in [4.69, 9.17) is 11.6 Å². The average Bonchev–Trinajstić information content (AvgIpc) is 2.84. The van der Waals surface area contributed by atoms with Gasteiger partial charge in [-0.3, -0.25) is 9.59 Å². The second-order valence-electron chi connectivity index (χ2n) is 8.52. The number of hydrogen-bond donors (Lipinski definition) is 2. The summed E-state index contributed by atoms with van der Waals surface area (Å²) in [5, 5.41) is 24.3. The van der Waals surface area contributed by atoms with Crippen molar-refractivity contribution in [3.8, 4) is 5.75 Å². The van der Waals surface area contributed by atoms with E-state index in [0.29, 0.717) is 27.3 Å². The van der Waals surface area contributed by atoms with Crippen LogP contribution < -0.4 is 5.32 Å². The van der Waals surface area contributed by atoms with E-state index in [1.54, 1.807) is 54.6 Å². The minimum absolute atomic E-state index is 0.0479. The maximum Gasteiger partial charge on any atom is 0.259 e. The SMILES string of the molecule is Cc1cc(Cl)ccc1NC(=O)c1cc2ccccc2c(N=Nc2ccc(C(=O)C(C)C)cc2)c1O. The maximum absolute atomic E-state index is 13.1. The van der Waals surface area contributed by atoms with Crippen molar-refractivity contribution in [2.45, 2.75) is 20.8 Å². The highest BCUT2D eigenvalue weighted by atomic mass is 35.5. The lowest BCUT2D eigenvalue weighted by molar-refractivity contribution is 0.0938. The van der Waals surface area contributed by atoms with E-state index in [9.17, 15) is 14.7 Å². The van der Waals surface area contributed by atoms with Crippen LogP contribution in [-0.4, -0.2) is 16.8 Å². The highest BCUT2D eigenvalue weighted by Gasteiger charge is 2.19. The number of nitrogens with one attached hydrogen (secondary N) is 1. The van der Waals surface area contributed by atoms with E-state index < -0.39 is 5.91 Å². The number of aryl methyl sites for hydroxylation is 1. The van der Waals surface area contributed by atoms with E-state index in [-0.39, 0.29) is 28.7 Å². The van der Waals surface area contributed by atoms with E-state index in [1.165, 1.54) is 0 Å². The van der Waals surface area contributed by atoms with Crippen molar-refractivity contribution in [1.29, 1.82) is 0 Å². The summed E-state index contributed by atoms with van der Waals surface area (Å²) in [6.07, 6.45) is 0. The van der Waals surface area contributed by atoms with Gasteiger partial charge in [0.05, 0.1) is 11.3 Å². The summed E-state index contributed by atoms with van der Waals surface area (Å²) >= 11 is 6.01. The number of phenolic OH excluding ortho intramolecular Hbond substituents is 1. The Morgan fingerprint density at radius 1 is 0.943 bits per heavy atom. The van der Waals surface area contributed by atoms with Gasteiger partial charge in [0, 0.05) is 27.6 Å². The van der Waals surface area contributed by atoms with Crippen LogP contribution in [0.1, 0.15) is 40.1 Å². The van der Waals surface area contributed by atoms with Crippen LogP contribution in [0.15, 0.2) is 83.0 Å². The number of ketones is 1. The largest absolute Gasteiger partial charge is 0.505 e. The summed E-state index contributed by atoms with van der Waals surface area (Å²) in [7, 11) is 0. The molecule has 0 aliphatic carbocycles. The van der Waals surface area contributed by atoms with Gasteiger partial charge in [0.1, 0.15) is 5.69 Å². The Morgan fingerprint density at radius 3 is 2.34 bits per heavy atom. The normalized spacial score (nSPS) is 11.3. The van der Waals surface area contributed by atoms with Gasteiger partial charge in [-0.1, -0.05) is 49.7 Å². The van der Waals surface area contributed by atoms with Gasteiger partial charge in [0.25, 0.3) is 5.91 Å². The number of halogens is 1. The molecule has 6 nitrogen and oxygen atoms in total. The van der Waals surface area contributed by atoms with Crippen LogP contribution in [0.25, 0.3) is 10.8 Å². The van der Waals surface area contributed by atoms with Gasteiger partial charge in [-0.15, -0.1) is 5.11 Å². The van der Waals surface area contributed by atoms with Gasteiger partial charge < -0.3 is 10.4 Å². The Kier molecular flexibility index (Phi) is 6.94. The number of amides is 1. The number of nitrogens with zero attached hydrogens (tertiary/aromatic N) is 2. The van der Waals surface area contributed by atoms with Gasteiger partial charge in [-0.25, -0.2) is 0 Å². The summed E-state index contributed by atoms with van der Waals surface area (Å²) in [6, 6.07) is 20.9. The molecule has 7 heteroatoms. The standard InChI is InChI=1S/C28H24ClN3O3/c1-16(2)26(33)18-8-11-21(12-9-18)31-32-25-22-7-5-4-6-19(22)15-23(27(25)34)28(35)30-24-13-10-20(29)14-17(24)3/h4-16,34H,1-3H3,(H,30,35). The monoisotopic (exact) mass is 485 g/mol. The molecule has 0 heterocycles. The van der Waals surface area contributed by atoms with Crippen molar-refractivity contribution in [3.05, 3.63) is 94.5 Å². The molecule has 0 aliphatic heterocycles. The number of Topliss-reactive ketones (excluding diaryl/α,β-unsaturated/α-hetero) is 1. The number of hydrogen-bond acceptors (Lipinski definition) is 5. The molecule has 1 amide bonds. The first-order valence-corrected chi connectivity index (χ1v) is 11.5. The molecule has 4 aromatic carbocycles. The maximum atomic E-state index is 13.1. The summed E-state index contributed by atoms with van der Waals surface area (Å²) in [5.74, 6) is -0.807. The number of rotatable bonds is 6. The number of carbonyl (C=O) groups is 2. The van der Waals surface area contributed by atoms with Gasteiger partial charge in [0.2, 0.25) is 0 Å². The Balaban J connectivity index is 1.70. The van der Waals surface area contributed by atoms with Crippen molar-refractivity contribution in [1.82, 2.24) is 0 Å². The molecule has 176 valence electrons. The molecule has 0 bridgehead atoms. The summed E-state index contributed by atoms with van der Waals surface area (Å²) < 4.78 is 0.